The van der Waals surface area contributed by atoms with Gasteiger partial charge in [0.2, 0.25) is 0 Å². The van der Waals surface area contributed by atoms with E-state index in [1.807, 2.05) is 60.1 Å². The molecule has 32 heavy (non-hydrogen) atoms. The van der Waals surface area contributed by atoms with Gasteiger partial charge in [-0.3, -0.25) is 4.79 Å². The molecule has 0 radical (unpaired) electrons. The third-order valence-electron chi connectivity index (χ3n) is 5.67. The van der Waals surface area contributed by atoms with Crippen molar-refractivity contribution < 1.29 is 9.53 Å². The van der Waals surface area contributed by atoms with Crippen LogP contribution < -0.4 is 4.74 Å². The van der Waals surface area contributed by atoms with Crippen LogP contribution in [0.4, 0.5) is 0 Å². The van der Waals surface area contributed by atoms with E-state index >= 15 is 0 Å². The highest BCUT2D eigenvalue weighted by Crippen LogP contribution is 2.30. The van der Waals surface area contributed by atoms with Crippen LogP contribution in [0, 0.1) is 0 Å². The summed E-state index contributed by atoms with van der Waals surface area (Å²) in [4.78, 5) is 11.8. The van der Waals surface area contributed by atoms with Crippen LogP contribution in [-0.4, -0.2) is 20.8 Å². The van der Waals surface area contributed by atoms with Gasteiger partial charge in [-0.1, -0.05) is 61.0 Å². The molecule has 4 aromatic rings. The third-order valence-corrected chi connectivity index (χ3v) is 6.02. The first kappa shape index (κ1) is 22.0. The molecule has 0 saturated carbocycles. The Morgan fingerprint density at radius 3 is 2.72 bits per heavy atom. The van der Waals surface area contributed by atoms with Gasteiger partial charge in [-0.25, -0.2) is 4.68 Å². The SMILES string of the molecule is CCC(=O)CCc1cccc(Cl)c1COc1ccc(CC)cc1-n1nnc2ccccc21. The number of hydrogen-bond donors (Lipinski definition) is 0. The molecular weight excluding hydrogens is 422 g/mol. The van der Waals surface area contributed by atoms with Gasteiger partial charge in [0.15, 0.2) is 0 Å². The molecule has 0 aliphatic carbocycles. The van der Waals surface area contributed by atoms with Crippen molar-refractivity contribution in [2.24, 2.45) is 0 Å². The summed E-state index contributed by atoms with van der Waals surface area (Å²) < 4.78 is 8.11. The van der Waals surface area contributed by atoms with Crippen LogP contribution in [0.2, 0.25) is 5.02 Å². The van der Waals surface area contributed by atoms with Gasteiger partial charge in [0, 0.05) is 23.4 Å². The summed E-state index contributed by atoms with van der Waals surface area (Å²) in [6.07, 6.45) is 2.61. The number of fused-ring (bicyclic) bond motifs is 1. The maximum Gasteiger partial charge on any atom is 0.145 e. The highest BCUT2D eigenvalue weighted by Gasteiger charge is 2.15. The second-order valence-corrected chi connectivity index (χ2v) is 8.11. The fraction of sp³-hybridized carbons (Fsp3) is 0.269. The summed E-state index contributed by atoms with van der Waals surface area (Å²) in [6, 6.07) is 19.8. The highest BCUT2D eigenvalue weighted by atomic mass is 35.5. The number of rotatable bonds is 9. The number of carbonyl (C=O) groups excluding carboxylic acids is 1. The molecule has 0 saturated heterocycles. The maximum absolute atomic E-state index is 11.8. The van der Waals surface area contributed by atoms with Crippen molar-refractivity contribution in [2.45, 2.75) is 46.1 Å². The molecule has 0 amide bonds. The molecule has 0 bridgehead atoms. The highest BCUT2D eigenvalue weighted by molar-refractivity contribution is 6.31. The van der Waals surface area contributed by atoms with E-state index in [2.05, 4.69) is 29.4 Å². The van der Waals surface area contributed by atoms with E-state index in [-0.39, 0.29) is 5.78 Å². The Hall–Kier alpha value is -3.18. The van der Waals surface area contributed by atoms with Gasteiger partial charge in [0.25, 0.3) is 0 Å². The number of nitrogens with zero attached hydrogens (tertiary/aromatic N) is 3. The van der Waals surface area contributed by atoms with Gasteiger partial charge >= 0.3 is 0 Å². The van der Waals surface area contributed by atoms with E-state index in [0.29, 0.717) is 36.6 Å². The van der Waals surface area contributed by atoms with Crippen molar-refractivity contribution in [1.29, 1.82) is 0 Å². The minimum absolute atomic E-state index is 0.243. The first-order valence-electron chi connectivity index (χ1n) is 10.9. The van der Waals surface area contributed by atoms with E-state index in [9.17, 15) is 4.79 Å². The molecule has 0 N–H and O–H groups in total. The first-order valence-corrected chi connectivity index (χ1v) is 11.3. The number of aryl methyl sites for hydroxylation is 2. The number of para-hydroxylation sites is 1. The number of aromatic nitrogens is 3. The number of benzene rings is 3. The summed E-state index contributed by atoms with van der Waals surface area (Å²) in [5.74, 6) is 0.945. The molecule has 4 rings (SSSR count). The lowest BCUT2D eigenvalue weighted by Crippen LogP contribution is -2.07. The third kappa shape index (κ3) is 4.68. The van der Waals surface area contributed by atoms with Crippen LogP contribution in [0.15, 0.2) is 60.7 Å². The van der Waals surface area contributed by atoms with Crippen LogP contribution in [-0.2, 0) is 24.2 Å². The summed E-state index contributed by atoms with van der Waals surface area (Å²) in [5, 5.41) is 9.31. The number of hydrogen-bond acceptors (Lipinski definition) is 4. The minimum Gasteiger partial charge on any atom is -0.487 e. The normalized spacial score (nSPS) is 11.1. The van der Waals surface area contributed by atoms with Gasteiger partial charge in [-0.2, -0.15) is 0 Å². The molecule has 0 unspecified atom stereocenters. The minimum atomic E-state index is 0.243. The van der Waals surface area contributed by atoms with Crippen molar-refractivity contribution in [3.63, 3.8) is 0 Å². The second-order valence-electron chi connectivity index (χ2n) is 7.70. The van der Waals surface area contributed by atoms with E-state index < -0.39 is 0 Å². The molecule has 3 aromatic carbocycles. The first-order chi connectivity index (χ1) is 15.6. The number of ketones is 1. The number of carbonyl (C=O) groups is 1. The Balaban J connectivity index is 1.66. The predicted octanol–water partition coefficient (Wildman–Crippen LogP) is 6.13. The van der Waals surface area contributed by atoms with Crippen molar-refractivity contribution >= 4 is 28.4 Å². The number of Topliss-reactive ketones (excluding diaryl/α,β-unsaturated/α-hetero) is 1. The van der Waals surface area contributed by atoms with Crippen molar-refractivity contribution in [2.75, 3.05) is 0 Å². The topological polar surface area (TPSA) is 57.0 Å². The Morgan fingerprint density at radius 2 is 1.91 bits per heavy atom. The fourth-order valence-electron chi connectivity index (χ4n) is 3.72. The van der Waals surface area contributed by atoms with Gasteiger partial charge < -0.3 is 4.74 Å². The largest absolute Gasteiger partial charge is 0.487 e. The Bertz CT molecular complexity index is 1250. The van der Waals surface area contributed by atoms with Gasteiger partial charge in [-0.15, -0.1) is 5.10 Å². The summed E-state index contributed by atoms with van der Waals surface area (Å²) >= 11 is 6.52. The molecule has 0 fully saturated rings. The van der Waals surface area contributed by atoms with E-state index in [4.69, 9.17) is 16.3 Å². The van der Waals surface area contributed by atoms with Crippen LogP contribution >= 0.6 is 11.6 Å². The molecule has 0 spiro atoms. The van der Waals surface area contributed by atoms with Crippen LogP contribution in [0.5, 0.6) is 5.75 Å². The molecule has 5 nitrogen and oxygen atoms in total. The summed E-state index contributed by atoms with van der Waals surface area (Å²) in [6.45, 7) is 4.31. The lowest BCUT2D eigenvalue weighted by molar-refractivity contribution is -0.118. The summed E-state index contributed by atoms with van der Waals surface area (Å²) in [5.41, 5.74) is 5.72. The molecule has 0 aliphatic rings. The zero-order chi connectivity index (χ0) is 22.5. The van der Waals surface area contributed by atoms with Crippen LogP contribution in [0.25, 0.3) is 16.7 Å². The van der Waals surface area contributed by atoms with Gasteiger partial charge in [0.1, 0.15) is 29.3 Å². The number of halogens is 1. The lowest BCUT2D eigenvalue weighted by atomic mass is 10.0. The van der Waals surface area contributed by atoms with Crippen molar-refractivity contribution in [3.05, 3.63) is 82.4 Å². The average Bonchev–Trinajstić information content (AvgIpc) is 3.26. The fourth-order valence-corrected chi connectivity index (χ4v) is 3.97. The zero-order valence-corrected chi connectivity index (χ0v) is 19.1. The second kappa shape index (κ2) is 9.96. The smallest absolute Gasteiger partial charge is 0.145 e. The molecule has 1 heterocycles. The number of ether oxygens (including phenoxy) is 1. The van der Waals surface area contributed by atoms with E-state index in [0.717, 1.165) is 34.3 Å². The Kier molecular flexibility index (Phi) is 6.86. The molecule has 1 aromatic heterocycles. The van der Waals surface area contributed by atoms with E-state index in [1.54, 1.807) is 0 Å². The molecule has 0 aliphatic heterocycles. The quantitative estimate of drug-likeness (QED) is 0.310. The molecule has 6 heteroatoms. The van der Waals surface area contributed by atoms with E-state index in [1.165, 1.54) is 5.56 Å². The van der Waals surface area contributed by atoms with Gasteiger partial charge in [0.05, 0.1) is 5.52 Å². The standard InChI is InChI=1S/C26H26ClN3O2/c1-3-18-12-15-26(25(16-18)30-24-11-6-5-10-23(24)28-29-30)32-17-21-19(8-7-9-22(21)27)13-14-20(31)4-2/h5-12,15-16H,3-4,13-14,17H2,1-2H3. The molecular formula is C26H26ClN3O2. The Morgan fingerprint density at radius 1 is 1.06 bits per heavy atom. The monoisotopic (exact) mass is 447 g/mol. The van der Waals surface area contributed by atoms with Crippen molar-refractivity contribution in [3.8, 4) is 11.4 Å². The van der Waals surface area contributed by atoms with Crippen LogP contribution in [0.1, 0.15) is 43.4 Å². The maximum atomic E-state index is 11.8. The van der Waals surface area contributed by atoms with Crippen molar-refractivity contribution in [1.82, 2.24) is 15.0 Å². The Labute approximate surface area is 193 Å². The predicted molar refractivity (Wildman–Crippen MR) is 128 cm³/mol. The summed E-state index contributed by atoms with van der Waals surface area (Å²) in [7, 11) is 0. The lowest BCUT2D eigenvalue weighted by Gasteiger charge is -2.16. The zero-order valence-electron chi connectivity index (χ0n) is 18.3. The van der Waals surface area contributed by atoms with Crippen LogP contribution in [0.3, 0.4) is 0 Å². The molecule has 0 atom stereocenters. The van der Waals surface area contributed by atoms with Gasteiger partial charge in [-0.05, 0) is 54.3 Å². The average molecular weight is 448 g/mol. The molecule has 164 valence electrons.